The molecule has 0 amide bonds. The first kappa shape index (κ1) is 10.2. The molecule has 0 unspecified atom stereocenters. The van der Waals surface area contributed by atoms with Crippen LogP contribution >= 0.6 is 15.9 Å². The number of esters is 1. The van der Waals surface area contributed by atoms with Crippen LogP contribution in [-0.2, 0) is 11.3 Å². The van der Waals surface area contributed by atoms with Gasteiger partial charge >= 0.3 is 12.0 Å². The molecule has 6 heteroatoms. The highest BCUT2D eigenvalue weighted by molar-refractivity contribution is 9.11. The quantitative estimate of drug-likeness (QED) is 0.769. The fraction of sp³-hybridized carbons (Fsp3) is 0.333. The maximum absolute atomic E-state index is 11.5. The second-order valence-electron chi connectivity index (χ2n) is 2.92. The number of halogens is 1. The zero-order valence-electron chi connectivity index (χ0n) is 8.07. The fourth-order valence-electron chi connectivity index (χ4n) is 1.28. The van der Waals surface area contributed by atoms with Crippen molar-refractivity contribution in [3.8, 4) is 6.01 Å². The highest BCUT2D eigenvalue weighted by atomic mass is 79.9. The van der Waals surface area contributed by atoms with E-state index in [1.807, 2.05) is 0 Å². The Labute approximate surface area is 94.8 Å². The van der Waals surface area contributed by atoms with Crippen LogP contribution in [0.4, 0.5) is 0 Å². The highest BCUT2D eigenvalue weighted by Gasteiger charge is 2.21. The number of fused-ring (bicyclic) bond motifs is 1. The Bertz CT molecular complexity index is 425. The van der Waals surface area contributed by atoms with Crippen LogP contribution in [0.3, 0.4) is 0 Å². The van der Waals surface area contributed by atoms with Crippen molar-refractivity contribution in [2.45, 2.75) is 13.5 Å². The molecule has 1 aromatic rings. The predicted octanol–water partition coefficient (Wildman–Crippen LogP) is 1.69. The SMILES string of the molecule is CCOC(=O)c1cnc2n1CC(Br)=CO2. The summed E-state index contributed by atoms with van der Waals surface area (Å²) in [5, 5.41) is 0. The third kappa shape index (κ3) is 1.90. The van der Waals surface area contributed by atoms with E-state index < -0.39 is 0 Å². The summed E-state index contributed by atoms with van der Waals surface area (Å²) in [4.78, 5) is 15.5. The van der Waals surface area contributed by atoms with Crippen LogP contribution in [0.15, 0.2) is 16.9 Å². The van der Waals surface area contributed by atoms with Crippen molar-refractivity contribution >= 4 is 21.9 Å². The Morgan fingerprint density at radius 1 is 1.80 bits per heavy atom. The van der Waals surface area contributed by atoms with Gasteiger partial charge in [-0.2, -0.15) is 0 Å². The summed E-state index contributed by atoms with van der Waals surface area (Å²) in [5.74, 6) is -0.387. The first-order valence-electron chi connectivity index (χ1n) is 4.46. The number of rotatable bonds is 2. The number of hydrogen-bond acceptors (Lipinski definition) is 4. The third-order valence-electron chi connectivity index (χ3n) is 1.90. The molecule has 0 saturated heterocycles. The van der Waals surface area contributed by atoms with E-state index in [-0.39, 0.29) is 5.97 Å². The van der Waals surface area contributed by atoms with E-state index in [2.05, 4.69) is 20.9 Å². The molecule has 0 atom stereocenters. The number of imidazole rings is 1. The van der Waals surface area contributed by atoms with Gasteiger partial charge in [0.25, 0.3) is 0 Å². The molecule has 2 rings (SSSR count). The molecule has 0 aromatic carbocycles. The van der Waals surface area contributed by atoms with Crippen LogP contribution in [0.25, 0.3) is 0 Å². The molecule has 1 aliphatic rings. The second kappa shape index (κ2) is 4.06. The van der Waals surface area contributed by atoms with Crippen molar-refractivity contribution in [2.24, 2.45) is 0 Å². The first-order valence-corrected chi connectivity index (χ1v) is 5.25. The van der Waals surface area contributed by atoms with E-state index in [4.69, 9.17) is 9.47 Å². The van der Waals surface area contributed by atoms with Crippen LogP contribution in [-0.4, -0.2) is 22.1 Å². The summed E-state index contributed by atoms with van der Waals surface area (Å²) in [6.45, 7) is 2.64. The summed E-state index contributed by atoms with van der Waals surface area (Å²) in [5.41, 5.74) is 0.400. The van der Waals surface area contributed by atoms with Crippen LogP contribution in [0.1, 0.15) is 17.4 Å². The Morgan fingerprint density at radius 3 is 3.33 bits per heavy atom. The monoisotopic (exact) mass is 272 g/mol. The maximum atomic E-state index is 11.5. The van der Waals surface area contributed by atoms with Crippen molar-refractivity contribution in [1.82, 2.24) is 9.55 Å². The maximum Gasteiger partial charge on any atom is 0.356 e. The first-order chi connectivity index (χ1) is 7.22. The largest absolute Gasteiger partial charge is 0.461 e. The number of ether oxygens (including phenoxy) is 2. The molecule has 0 N–H and O–H groups in total. The van der Waals surface area contributed by atoms with Crippen molar-refractivity contribution in [3.63, 3.8) is 0 Å². The molecule has 0 spiro atoms. The average molecular weight is 273 g/mol. The molecule has 0 radical (unpaired) electrons. The second-order valence-corrected chi connectivity index (χ2v) is 3.93. The van der Waals surface area contributed by atoms with E-state index in [0.29, 0.717) is 24.9 Å². The molecule has 1 aromatic heterocycles. The van der Waals surface area contributed by atoms with E-state index >= 15 is 0 Å². The third-order valence-corrected chi connectivity index (χ3v) is 2.34. The summed E-state index contributed by atoms with van der Waals surface area (Å²) in [7, 11) is 0. The van der Waals surface area contributed by atoms with Crippen molar-refractivity contribution in [3.05, 3.63) is 22.6 Å². The van der Waals surface area contributed by atoms with Gasteiger partial charge in [-0.25, -0.2) is 9.78 Å². The normalized spacial score (nSPS) is 13.9. The zero-order chi connectivity index (χ0) is 10.8. The molecule has 0 saturated carbocycles. The van der Waals surface area contributed by atoms with Gasteiger partial charge in [0.15, 0.2) is 5.69 Å². The van der Waals surface area contributed by atoms with Gasteiger partial charge in [0.1, 0.15) is 6.26 Å². The molecule has 15 heavy (non-hydrogen) atoms. The molecule has 5 nitrogen and oxygen atoms in total. The minimum absolute atomic E-state index is 0.344. The lowest BCUT2D eigenvalue weighted by Crippen LogP contribution is -2.15. The van der Waals surface area contributed by atoms with Gasteiger partial charge < -0.3 is 9.47 Å². The Balaban J connectivity index is 2.29. The smallest absolute Gasteiger partial charge is 0.356 e. The van der Waals surface area contributed by atoms with Crippen molar-refractivity contribution in [1.29, 1.82) is 0 Å². The summed E-state index contributed by atoms with van der Waals surface area (Å²) in [6.07, 6.45) is 3.00. The Hall–Kier alpha value is -1.30. The van der Waals surface area contributed by atoms with Gasteiger partial charge in [0.2, 0.25) is 0 Å². The molecular formula is C9H9BrN2O3. The summed E-state index contributed by atoms with van der Waals surface area (Å²) >= 11 is 3.30. The molecular weight excluding hydrogens is 264 g/mol. The molecule has 80 valence electrons. The van der Waals surface area contributed by atoms with E-state index in [1.165, 1.54) is 6.20 Å². The summed E-state index contributed by atoms with van der Waals surface area (Å²) in [6, 6.07) is 0.404. The molecule has 0 aliphatic carbocycles. The van der Waals surface area contributed by atoms with E-state index in [1.54, 1.807) is 17.8 Å². The highest BCUT2D eigenvalue weighted by Crippen LogP contribution is 2.23. The standard InChI is InChI=1S/C9H9BrN2O3/c1-2-14-8(13)7-3-11-9-12(7)4-6(10)5-15-9/h3,5H,2,4H2,1H3. The molecule has 2 heterocycles. The number of hydrogen-bond donors (Lipinski definition) is 0. The minimum Gasteiger partial charge on any atom is -0.461 e. The van der Waals surface area contributed by atoms with Crippen molar-refractivity contribution < 1.29 is 14.3 Å². The lowest BCUT2D eigenvalue weighted by molar-refractivity contribution is 0.0513. The Morgan fingerprint density at radius 2 is 2.60 bits per heavy atom. The van der Waals surface area contributed by atoms with Gasteiger partial charge in [-0.3, -0.25) is 4.57 Å². The average Bonchev–Trinajstić information content (AvgIpc) is 2.60. The van der Waals surface area contributed by atoms with Gasteiger partial charge in [0.05, 0.1) is 23.8 Å². The van der Waals surface area contributed by atoms with Gasteiger partial charge in [-0.15, -0.1) is 0 Å². The van der Waals surface area contributed by atoms with Crippen LogP contribution in [0, 0.1) is 0 Å². The van der Waals surface area contributed by atoms with Crippen LogP contribution < -0.4 is 4.74 Å². The minimum atomic E-state index is -0.387. The topological polar surface area (TPSA) is 53.3 Å². The lowest BCUT2D eigenvalue weighted by atomic mass is 10.4. The predicted molar refractivity (Wildman–Crippen MR) is 55.8 cm³/mol. The van der Waals surface area contributed by atoms with Gasteiger partial charge in [0, 0.05) is 0 Å². The number of carbonyl (C=O) groups is 1. The van der Waals surface area contributed by atoms with Crippen molar-refractivity contribution in [2.75, 3.05) is 6.61 Å². The van der Waals surface area contributed by atoms with Gasteiger partial charge in [-0.1, -0.05) is 15.9 Å². The molecule has 0 fully saturated rings. The summed E-state index contributed by atoms with van der Waals surface area (Å²) < 4.78 is 12.6. The number of allylic oxidation sites excluding steroid dienone is 1. The van der Waals surface area contributed by atoms with E-state index in [9.17, 15) is 4.79 Å². The van der Waals surface area contributed by atoms with Gasteiger partial charge in [-0.05, 0) is 6.92 Å². The zero-order valence-corrected chi connectivity index (χ0v) is 9.65. The fourth-order valence-corrected chi connectivity index (χ4v) is 1.62. The number of nitrogens with zero attached hydrogens (tertiary/aromatic N) is 2. The van der Waals surface area contributed by atoms with Crippen LogP contribution in [0.2, 0.25) is 0 Å². The Kier molecular flexibility index (Phi) is 2.77. The lowest BCUT2D eigenvalue weighted by Gasteiger charge is -2.13. The van der Waals surface area contributed by atoms with Crippen LogP contribution in [0.5, 0.6) is 6.01 Å². The van der Waals surface area contributed by atoms with E-state index in [0.717, 1.165) is 4.48 Å². The number of carbonyl (C=O) groups excluding carboxylic acids is 1. The molecule has 1 aliphatic heterocycles. The number of aromatic nitrogens is 2. The molecule has 0 bridgehead atoms.